The first-order valence-electron chi connectivity index (χ1n) is 8.40. The zero-order valence-electron chi connectivity index (χ0n) is 13.6. The third-order valence-electron chi connectivity index (χ3n) is 4.99. The van der Waals surface area contributed by atoms with E-state index in [-0.39, 0.29) is 11.4 Å². The Morgan fingerprint density at radius 2 is 1.83 bits per heavy atom. The van der Waals surface area contributed by atoms with Gasteiger partial charge in [-0.25, -0.2) is 4.79 Å². The summed E-state index contributed by atoms with van der Waals surface area (Å²) in [5, 5.41) is 3.03. The Labute approximate surface area is 141 Å². The van der Waals surface area contributed by atoms with Crippen LogP contribution >= 0.6 is 0 Å². The first kappa shape index (κ1) is 15.1. The molecule has 5 nitrogen and oxygen atoms in total. The highest BCUT2D eigenvalue weighted by molar-refractivity contribution is 5.94. The predicted molar refractivity (Wildman–Crippen MR) is 92.8 cm³/mol. The summed E-state index contributed by atoms with van der Waals surface area (Å²) in [6.45, 7) is 3.28. The lowest BCUT2D eigenvalue weighted by Crippen LogP contribution is -2.61. The molecule has 0 radical (unpaired) electrons. The van der Waals surface area contributed by atoms with Crippen LogP contribution in [0.1, 0.15) is 12.8 Å². The number of amides is 2. The van der Waals surface area contributed by atoms with Crippen molar-refractivity contribution in [2.75, 3.05) is 31.6 Å². The van der Waals surface area contributed by atoms with Gasteiger partial charge in [0.25, 0.3) is 0 Å². The molecule has 5 heteroatoms. The average molecular weight is 323 g/mol. The second-order valence-corrected chi connectivity index (χ2v) is 6.66. The molecule has 0 unspecified atom stereocenters. The first-order chi connectivity index (χ1) is 11.8. The molecule has 24 heavy (non-hydrogen) atoms. The number of carbonyl (C=O) groups is 1. The number of aromatic nitrogens is 1. The number of benzene rings is 1. The Kier molecular flexibility index (Phi) is 3.94. The maximum absolute atomic E-state index is 12.6. The normalized spacial score (nSPS) is 18.9. The van der Waals surface area contributed by atoms with Crippen molar-refractivity contribution in [2.45, 2.75) is 12.8 Å². The predicted octanol–water partition coefficient (Wildman–Crippen LogP) is 3.39. The van der Waals surface area contributed by atoms with Gasteiger partial charge in [0.1, 0.15) is 0 Å². The van der Waals surface area contributed by atoms with Crippen molar-refractivity contribution in [3.8, 4) is 11.3 Å². The molecule has 1 spiro atoms. The zero-order valence-corrected chi connectivity index (χ0v) is 13.6. The van der Waals surface area contributed by atoms with E-state index in [1.807, 2.05) is 47.4 Å². The topological polar surface area (TPSA) is 54.5 Å². The Balaban J connectivity index is 1.46. The fourth-order valence-corrected chi connectivity index (χ4v) is 3.55. The summed E-state index contributed by atoms with van der Waals surface area (Å²) in [6.07, 6.45) is 3.86. The lowest BCUT2D eigenvalue weighted by molar-refractivity contribution is -0.0596. The van der Waals surface area contributed by atoms with E-state index >= 15 is 0 Å². The quantitative estimate of drug-likeness (QED) is 0.921. The second kappa shape index (κ2) is 6.24. The smallest absolute Gasteiger partial charge is 0.321 e. The summed E-state index contributed by atoms with van der Waals surface area (Å²) in [6, 6.07) is 13.6. The second-order valence-electron chi connectivity index (χ2n) is 6.66. The van der Waals surface area contributed by atoms with Gasteiger partial charge in [-0.3, -0.25) is 4.98 Å². The summed E-state index contributed by atoms with van der Waals surface area (Å²) in [5.74, 6) is 0. The molecule has 4 rings (SSSR count). The number of hydrogen-bond donors (Lipinski definition) is 1. The number of rotatable bonds is 2. The molecule has 0 atom stereocenters. The molecule has 0 aliphatic carbocycles. The number of hydrogen-bond acceptors (Lipinski definition) is 3. The van der Waals surface area contributed by atoms with E-state index in [1.165, 1.54) is 0 Å². The monoisotopic (exact) mass is 323 g/mol. The van der Waals surface area contributed by atoms with Crippen LogP contribution in [0.15, 0.2) is 48.7 Å². The van der Waals surface area contributed by atoms with Crippen molar-refractivity contribution in [3.63, 3.8) is 0 Å². The molecule has 3 heterocycles. The van der Waals surface area contributed by atoms with Crippen molar-refractivity contribution in [2.24, 2.45) is 5.41 Å². The molecule has 2 aliphatic rings. The van der Waals surface area contributed by atoms with Gasteiger partial charge in [0.2, 0.25) is 0 Å². The van der Waals surface area contributed by atoms with Gasteiger partial charge in [-0.05, 0) is 25.0 Å². The van der Waals surface area contributed by atoms with Crippen molar-refractivity contribution in [1.29, 1.82) is 0 Å². The van der Waals surface area contributed by atoms with Gasteiger partial charge >= 0.3 is 6.03 Å². The van der Waals surface area contributed by atoms with Crippen LogP contribution in [-0.4, -0.2) is 42.2 Å². The summed E-state index contributed by atoms with van der Waals surface area (Å²) >= 11 is 0. The van der Waals surface area contributed by atoms with E-state index in [1.54, 1.807) is 6.20 Å². The van der Waals surface area contributed by atoms with Gasteiger partial charge in [0.15, 0.2) is 0 Å². The summed E-state index contributed by atoms with van der Waals surface area (Å²) in [7, 11) is 0. The fraction of sp³-hybridized carbons (Fsp3) is 0.368. The van der Waals surface area contributed by atoms with Crippen LogP contribution in [0.5, 0.6) is 0 Å². The Morgan fingerprint density at radius 3 is 2.58 bits per heavy atom. The minimum absolute atomic E-state index is 0.0442. The molecule has 2 fully saturated rings. The van der Waals surface area contributed by atoms with Gasteiger partial charge in [-0.1, -0.05) is 30.3 Å². The molecule has 1 N–H and O–H groups in total. The average Bonchev–Trinajstić information content (AvgIpc) is 2.61. The van der Waals surface area contributed by atoms with Crippen LogP contribution in [-0.2, 0) is 4.74 Å². The minimum atomic E-state index is -0.0442. The summed E-state index contributed by atoms with van der Waals surface area (Å²) < 4.78 is 5.43. The Hall–Kier alpha value is -2.40. The van der Waals surface area contributed by atoms with E-state index in [2.05, 4.69) is 10.3 Å². The fourth-order valence-electron chi connectivity index (χ4n) is 3.55. The van der Waals surface area contributed by atoms with Gasteiger partial charge in [0, 0.05) is 43.5 Å². The number of nitrogens with one attached hydrogen (secondary N) is 1. The van der Waals surface area contributed by atoms with E-state index in [4.69, 9.17) is 4.74 Å². The Morgan fingerprint density at radius 1 is 1.08 bits per heavy atom. The van der Waals surface area contributed by atoms with Crippen LogP contribution in [0, 0.1) is 5.41 Å². The Bertz CT molecular complexity index is 718. The molecule has 0 bridgehead atoms. The zero-order chi connectivity index (χ0) is 16.4. The van der Waals surface area contributed by atoms with Crippen LogP contribution in [0.2, 0.25) is 0 Å². The van der Waals surface area contributed by atoms with E-state index in [9.17, 15) is 4.79 Å². The first-order valence-corrected chi connectivity index (χ1v) is 8.40. The SMILES string of the molecule is O=C(Nc1cccnc1-c1ccccc1)N1CC2(CCOCC2)C1. The van der Waals surface area contributed by atoms with Crippen LogP contribution in [0.25, 0.3) is 11.3 Å². The number of carbonyl (C=O) groups excluding carboxylic acids is 1. The number of urea groups is 1. The molecular weight excluding hydrogens is 302 g/mol. The molecule has 2 aromatic rings. The number of nitrogens with zero attached hydrogens (tertiary/aromatic N) is 2. The van der Waals surface area contributed by atoms with Crippen molar-refractivity contribution in [3.05, 3.63) is 48.7 Å². The summed E-state index contributed by atoms with van der Waals surface area (Å²) in [5.41, 5.74) is 2.83. The van der Waals surface area contributed by atoms with Crippen LogP contribution < -0.4 is 5.32 Å². The van der Waals surface area contributed by atoms with Crippen molar-refractivity contribution >= 4 is 11.7 Å². The molecule has 1 aromatic heterocycles. The minimum Gasteiger partial charge on any atom is -0.381 e. The van der Waals surface area contributed by atoms with Crippen LogP contribution in [0.4, 0.5) is 10.5 Å². The largest absolute Gasteiger partial charge is 0.381 e. The molecule has 124 valence electrons. The van der Waals surface area contributed by atoms with Gasteiger partial charge in [-0.2, -0.15) is 0 Å². The number of likely N-dealkylation sites (tertiary alicyclic amines) is 1. The molecule has 1 aromatic carbocycles. The number of ether oxygens (including phenoxy) is 1. The number of anilines is 1. The standard InChI is InChI=1S/C19H21N3O2/c23-18(22-13-19(14-22)8-11-24-12-9-19)21-16-7-4-10-20-17(16)15-5-2-1-3-6-15/h1-7,10H,8-9,11-14H2,(H,21,23). The molecule has 2 saturated heterocycles. The third kappa shape index (κ3) is 2.87. The number of pyridine rings is 1. The third-order valence-corrected chi connectivity index (χ3v) is 4.99. The van der Waals surface area contributed by atoms with E-state index < -0.39 is 0 Å². The highest BCUT2D eigenvalue weighted by atomic mass is 16.5. The van der Waals surface area contributed by atoms with Crippen molar-refractivity contribution in [1.82, 2.24) is 9.88 Å². The van der Waals surface area contributed by atoms with Crippen molar-refractivity contribution < 1.29 is 9.53 Å². The molecule has 2 amide bonds. The summed E-state index contributed by atoms with van der Waals surface area (Å²) in [4.78, 5) is 18.9. The van der Waals surface area contributed by atoms with Gasteiger partial charge < -0.3 is 15.0 Å². The molecular formula is C19H21N3O2. The lowest BCUT2D eigenvalue weighted by atomic mass is 9.73. The van der Waals surface area contributed by atoms with Gasteiger partial charge in [-0.15, -0.1) is 0 Å². The molecule has 2 aliphatic heterocycles. The van der Waals surface area contributed by atoms with E-state index in [0.29, 0.717) is 0 Å². The highest BCUT2D eigenvalue weighted by Crippen LogP contribution is 2.40. The van der Waals surface area contributed by atoms with Gasteiger partial charge in [0.05, 0.1) is 11.4 Å². The van der Waals surface area contributed by atoms with E-state index in [0.717, 1.165) is 56.1 Å². The maximum atomic E-state index is 12.6. The lowest BCUT2D eigenvalue weighted by Gasteiger charge is -2.51. The molecule has 0 saturated carbocycles. The maximum Gasteiger partial charge on any atom is 0.321 e. The highest BCUT2D eigenvalue weighted by Gasteiger charge is 2.45. The van der Waals surface area contributed by atoms with Crippen LogP contribution in [0.3, 0.4) is 0 Å².